The topological polar surface area (TPSA) is 75.7 Å². The van der Waals surface area contributed by atoms with Crippen molar-refractivity contribution in [2.75, 3.05) is 15.9 Å². The molecule has 0 saturated carbocycles. The maximum atomic E-state index is 12.7. The highest BCUT2D eigenvalue weighted by Gasteiger charge is 2.18. The average Bonchev–Trinajstić information content (AvgIpc) is 2.84. The number of anilines is 2. The first-order valence-corrected chi connectivity index (χ1v) is 12.5. The zero-order valence-electron chi connectivity index (χ0n) is 18.6. The molecule has 4 rings (SSSR count). The van der Waals surface area contributed by atoms with E-state index in [0.29, 0.717) is 22.7 Å². The number of carbonyl (C=O) groups is 1. The first kappa shape index (κ1) is 23.1. The molecule has 0 atom stereocenters. The lowest BCUT2D eigenvalue weighted by Gasteiger charge is -2.22. The molecule has 6 nitrogen and oxygen atoms in total. The van der Waals surface area contributed by atoms with Gasteiger partial charge in [0.25, 0.3) is 5.91 Å². The van der Waals surface area contributed by atoms with Crippen molar-refractivity contribution in [1.29, 1.82) is 0 Å². The molecule has 0 bridgehead atoms. The Morgan fingerprint density at radius 1 is 0.765 bits per heavy atom. The number of sulfonamides is 1. The summed E-state index contributed by atoms with van der Waals surface area (Å²) in [5.74, 6) is 1.10. The fourth-order valence-corrected chi connectivity index (χ4v) is 4.25. The van der Waals surface area contributed by atoms with Crippen LogP contribution in [0.4, 0.5) is 11.4 Å². The van der Waals surface area contributed by atoms with Crippen LogP contribution in [-0.4, -0.2) is 20.6 Å². The third kappa shape index (κ3) is 6.02. The molecule has 0 fully saturated rings. The number of benzene rings is 4. The number of hydrogen-bond acceptors (Lipinski definition) is 4. The Bertz CT molecular complexity index is 1340. The summed E-state index contributed by atoms with van der Waals surface area (Å²) in [5, 5.41) is 2.84. The summed E-state index contributed by atoms with van der Waals surface area (Å²) in [6.07, 6.45) is 1.17. The number of carbonyl (C=O) groups excluding carboxylic acids is 1. The maximum Gasteiger partial charge on any atom is 0.255 e. The van der Waals surface area contributed by atoms with Crippen LogP contribution in [-0.2, 0) is 16.6 Å². The van der Waals surface area contributed by atoms with E-state index in [1.54, 1.807) is 48.5 Å². The lowest BCUT2D eigenvalue weighted by molar-refractivity contribution is 0.102. The van der Waals surface area contributed by atoms with Gasteiger partial charge in [-0.3, -0.25) is 9.10 Å². The minimum Gasteiger partial charge on any atom is -0.457 e. The van der Waals surface area contributed by atoms with E-state index < -0.39 is 10.0 Å². The van der Waals surface area contributed by atoms with Crippen molar-refractivity contribution in [3.05, 3.63) is 120 Å². The van der Waals surface area contributed by atoms with Crippen molar-refractivity contribution < 1.29 is 17.9 Å². The quantitative estimate of drug-likeness (QED) is 0.357. The minimum atomic E-state index is -3.50. The Morgan fingerprint density at radius 3 is 1.91 bits per heavy atom. The molecule has 0 aliphatic rings. The first-order valence-electron chi connectivity index (χ1n) is 10.6. The van der Waals surface area contributed by atoms with E-state index in [4.69, 9.17) is 4.74 Å². The highest BCUT2D eigenvalue weighted by atomic mass is 32.2. The van der Waals surface area contributed by atoms with Gasteiger partial charge < -0.3 is 10.1 Å². The van der Waals surface area contributed by atoms with Crippen LogP contribution in [0.2, 0.25) is 0 Å². The van der Waals surface area contributed by atoms with Gasteiger partial charge in [0.15, 0.2) is 0 Å². The Kier molecular flexibility index (Phi) is 6.94. The smallest absolute Gasteiger partial charge is 0.255 e. The third-order valence-electron chi connectivity index (χ3n) is 5.08. The molecule has 1 N–H and O–H groups in total. The fraction of sp³-hybridized carbons (Fsp3) is 0.0741. The van der Waals surface area contributed by atoms with Gasteiger partial charge in [-0.2, -0.15) is 0 Å². The van der Waals surface area contributed by atoms with E-state index in [1.807, 2.05) is 60.7 Å². The van der Waals surface area contributed by atoms with Gasteiger partial charge >= 0.3 is 0 Å². The monoisotopic (exact) mass is 472 g/mol. The molecule has 0 spiro atoms. The molecule has 0 aliphatic heterocycles. The Morgan fingerprint density at radius 2 is 1.32 bits per heavy atom. The van der Waals surface area contributed by atoms with Gasteiger partial charge in [-0.1, -0.05) is 48.5 Å². The Balaban J connectivity index is 1.43. The van der Waals surface area contributed by atoms with Gasteiger partial charge in [-0.15, -0.1) is 0 Å². The lowest BCUT2D eigenvalue weighted by atomic mass is 10.1. The predicted molar refractivity (Wildman–Crippen MR) is 135 cm³/mol. The molecule has 0 unspecified atom stereocenters. The standard InChI is InChI=1S/C27H24N2O4S/c1-34(31,32)29(20-21-8-4-2-5-9-21)24-16-12-22(13-17-24)27(30)28-23-14-18-26(19-15-23)33-25-10-6-3-7-11-25/h2-19H,20H2,1H3,(H,28,30). The summed E-state index contributed by atoms with van der Waals surface area (Å²) in [7, 11) is -3.50. The van der Waals surface area contributed by atoms with Crippen molar-refractivity contribution in [3.8, 4) is 11.5 Å². The van der Waals surface area contributed by atoms with Crippen molar-refractivity contribution in [2.24, 2.45) is 0 Å². The molecule has 4 aromatic rings. The molecular formula is C27H24N2O4S. The molecule has 0 saturated heterocycles. The first-order chi connectivity index (χ1) is 16.4. The third-order valence-corrected chi connectivity index (χ3v) is 6.22. The molecule has 34 heavy (non-hydrogen) atoms. The summed E-state index contributed by atoms with van der Waals surface area (Å²) in [6, 6.07) is 32.4. The predicted octanol–water partition coefficient (Wildman–Crippen LogP) is 5.70. The molecule has 1 amide bonds. The van der Waals surface area contributed by atoms with E-state index in [-0.39, 0.29) is 12.5 Å². The Hall–Kier alpha value is -4.10. The molecule has 0 radical (unpaired) electrons. The van der Waals surface area contributed by atoms with Crippen molar-refractivity contribution in [1.82, 2.24) is 0 Å². The van der Waals surface area contributed by atoms with Crippen molar-refractivity contribution in [3.63, 3.8) is 0 Å². The van der Waals surface area contributed by atoms with E-state index in [2.05, 4.69) is 5.32 Å². The van der Waals surface area contributed by atoms with Gasteiger partial charge in [0.1, 0.15) is 11.5 Å². The number of rotatable bonds is 8. The number of nitrogens with one attached hydrogen (secondary N) is 1. The number of amides is 1. The van der Waals surface area contributed by atoms with Crippen LogP contribution >= 0.6 is 0 Å². The van der Waals surface area contributed by atoms with Gasteiger partial charge in [-0.05, 0) is 66.2 Å². The van der Waals surface area contributed by atoms with Gasteiger partial charge in [-0.25, -0.2) is 8.42 Å². The normalized spacial score (nSPS) is 11.0. The second-order valence-electron chi connectivity index (χ2n) is 7.70. The summed E-state index contributed by atoms with van der Waals surface area (Å²) < 4.78 is 31.8. The van der Waals surface area contributed by atoms with E-state index >= 15 is 0 Å². The molecule has 7 heteroatoms. The van der Waals surface area contributed by atoms with Crippen LogP contribution in [0.1, 0.15) is 15.9 Å². The van der Waals surface area contributed by atoms with Gasteiger partial charge in [0.2, 0.25) is 10.0 Å². The van der Waals surface area contributed by atoms with Crippen LogP contribution in [0.3, 0.4) is 0 Å². The van der Waals surface area contributed by atoms with Crippen molar-refractivity contribution in [2.45, 2.75) is 6.54 Å². The zero-order chi connectivity index (χ0) is 24.0. The number of hydrogen-bond donors (Lipinski definition) is 1. The molecule has 172 valence electrons. The van der Waals surface area contributed by atoms with E-state index in [1.165, 1.54) is 10.6 Å². The molecule has 0 aromatic heterocycles. The molecule has 0 heterocycles. The van der Waals surface area contributed by atoms with E-state index in [0.717, 1.165) is 11.3 Å². The SMILES string of the molecule is CS(=O)(=O)N(Cc1ccccc1)c1ccc(C(=O)Nc2ccc(Oc3ccccc3)cc2)cc1. The number of ether oxygens (including phenoxy) is 1. The molecule has 0 aliphatic carbocycles. The highest BCUT2D eigenvalue weighted by molar-refractivity contribution is 7.92. The van der Waals surface area contributed by atoms with Crippen LogP contribution in [0.15, 0.2) is 109 Å². The zero-order valence-corrected chi connectivity index (χ0v) is 19.4. The summed E-state index contributed by atoms with van der Waals surface area (Å²) in [4.78, 5) is 12.7. The lowest BCUT2D eigenvalue weighted by Crippen LogP contribution is -2.29. The average molecular weight is 473 g/mol. The molecule has 4 aromatic carbocycles. The number of para-hydroxylation sites is 1. The maximum absolute atomic E-state index is 12.7. The Labute approximate surface area is 199 Å². The largest absolute Gasteiger partial charge is 0.457 e. The van der Waals surface area contributed by atoms with Crippen LogP contribution in [0.25, 0.3) is 0 Å². The van der Waals surface area contributed by atoms with Gasteiger partial charge in [0.05, 0.1) is 18.5 Å². The summed E-state index contributed by atoms with van der Waals surface area (Å²) in [6.45, 7) is 0.211. The second-order valence-corrected chi connectivity index (χ2v) is 9.60. The van der Waals surface area contributed by atoms with Crippen LogP contribution in [0, 0.1) is 0 Å². The minimum absolute atomic E-state index is 0.211. The van der Waals surface area contributed by atoms with Crippen molar-refractivity contribution >= 4 is 27.3 Å². The van der Waals surface area contributed by atoms with E-state index in [9.17, 15) is 13.2 Å². The second kappa shape index (κ2) is 10.2. The molecular weight excluding hydrogens is 448 g/mol. The summed E-state index contributed by atoms with van der Waals surface area (Å²) >= 11 is 0. The number of nitrogens with zero attached hydrogens (tertiary/aromatic N) is 1. The fourth-order valence-electron chi connectivity index (χ4n) is 3.36. The van der Waals surface area contributed by atoms with Gasteiger partial charge in [0, 0.05) is 11.3 Å². The summed E-state index contributed by atoms with van der Waals surface area (Å²) in [5.41, 5.74) is 2.40. The highest BCUT2D eigenvalue weighted by Crippen LogP contribution is 2.24. The van der Waals surface area contributed by atoms with Crippen LogP contribution < -0.4 is 14.4 Å². The van der Waals surface area contributed by atoms with Crippen LogP contribution in [0.5, 0.6) is 11.5 Å².